The van der Waals surface area contributed by atoms with Gasteiger partial charge in [0.1, 0.15) is 5.78 Å². The van der Waals surface area contributed by atoms with E-state index >= 15 is 0 Å². The normalized spacial score (nSPS) is 55.0. The minimum atomic E-state index is -0.708. The summed E-state index contributed by atoms with van der Waals surface area (Å²) in [5.41, 5.74) is -0.418. The Bertz CT molecular complexity index is 781. The average Bonchev–Trinajstić information content (AvgIpc) is 3.26. The molecule has 0 aromatic heterocycles. The highest BCUT2D eigenvalue weighted by molar-refractivity contribution is 5.94. The van der Waals surface area contributed by atoms with Gasteiger partial charge in [0.25, 0.3) is 0 Å². The molecule has 4 aliphatic carbocycles. The third kappa shape index (κ3) is 1.79. The Balaban J connectivity index is 1.60. The van der Waals surface area contributed by atoms with Gasteiger partial charge in [0.2, 0.25) is 0 Å². The molecule has 4 heteroatoms. The Morgan fingerprint density at radius 1 is 1.19 bits per heavy atom. The van der Waals surface area contributed by atoms with Crippen LogP contribution in [0.1, 0.15) is 66.7 Å². The van der Waals surface area contributed by atoms with Crippen molar-refractivity contribution in [2.24, 2.45) is 34.0 Å². The highest BCUT2D eigenvalue weighted by Crippen LogP contribution is 2.74. The first-order chi connectivity index (χ1) is 12.5. The fraction of sp³-hybridized carbons (Fsp3) is 0.826. The zero-order valence-electron chi connectivity index (χ0n) is 17.2. The van der Waals surface area contributed by atoms with Gasteiger partial charge in [0.05, 0.1) is 12.2 Å². The molecular weight excluding hydrogens is 340 g/mol. The molecule has 27 heavy (non-hydrogen) atoms. The molecule has 5 rings (SSSR count). The monoisotopic (exact) mass is 372 g/mol. The molecule has 1 N–H and O–H groups in total. The number of carbonyl (C=O) groups excluding carboxylic acids is 2. The second-order valence-electron chi connectivity index (χ2n) is 10.9. The summed E-state index contributed by atoms with van der Waals surface area (Å²) in [6, 6.07) is 0. The van der Waals surface area contributed by atoms with Crippen LogP contribution in [0.25, 0.3) is 0 Å². The van der Waals surface area contributed by atoms with E-state index in [1.54, 1.807) is 6.92 Å². The predicted octanol–water partition coefficient (Wildman–Crippen LogP) is 3.46. The van der Waals surface area contributed by atoms with Crippen molar-refractivity contribution in [2.45, 2.75) is 84.5 Å². The number of aliphatic hydroxyl groups excluding tert-OH is 1. The van der Waals surface area contributed by atoms with Gasteiger partial charge in [-0.2, -0.15) is 0 Å². The van der Waals surface area contributed by atoms with Gasteiger partial charge in [-0.15, -0.1) is 0 Å². The first kappa shape index (κ1) is 18.1. The van der Waals surface area contributed by atoms with Crippen molar-refractivity contribution in [3.8, 4) is 0 Å². The molecule has 0 amide bonds. The second kappa shape index (κ2) is 4.94. The van der Waals surface area contributed by atoms with Crippen LogP contribution in [0.15, 0.2) is 11.6 Å². The lowest BCUT2D eigenvalue weighted by Crippen LogP contribution is -2.61. The van der Waals surface area contributed by atoms with E-state index in [1.165, 1.54) is 5.57 Å². The molecule has 0 bridgehead atoms. The Kier molecular flexibility index (Phi) is 3.30. The van der Waals surface area contributed by atoms with Crippen LogP contribution in [-0.2, 0) is 14.3 Å². The van der Waals surface area contributed by atoms with Gasteiger partial charge in [-0.25, -0.2) is 0 Å². The Morgan fingerprint density at radius 3 is 2.56 bits per heavy atom. The van der Waals surface area contributed by atoms with Gasteiger partial charge in [-0.3, -0.25) is 9.59 Å². The van der Waals surface area contributed by atoms with Crippen LogP contribution >= 0.6 is 0 Å². The van der Waals surface area contributed by atoms with E-state index < -0.39 is 5.60 Å². The molecule has 1 saturated heterocycles. The molecule has 0 aromatic rings. The average molecular weight is 373 g/mol. The summed E-state index contributed by atoms with van der Waals surface area (Å²) >= 11 is 0. The van der Waals surface area contributed by atoms with Crippen LogP contribution in [0.3, 0.4) is 0 Å². The van der Waals surface area contributed by atoms with Crippen molar-refractivity contribution >= 4 is 11.6 Å². The largest absolute Gasteiger partial charge is 0.392 e. The zero-order chi connectivity index (χ0) is 19.6. The number of fused-ring (bicyclic) bond motifs is 7. The van der Waals surface area contributed by atoms with Crippen molar-refractivity contribution in [3.05, 3.63) is 11.6 Å². The van der Waals surface area contributed by atoms with Crippen LogP contribution < -0.4 is 0 Å². The first-order valence-electron chi connectivity index (χ1n) is 10.6. The molecule has 0 radical (unpaired) electrons. The van der Waals surface area contributed by atoms with E-state index in [0.29, 0.717) is 18.1 Å². The summed E-state index contributed by atoms with van der Waals surface area (Å²) in [6.07, 6.45) is 5.90. The van der Waals surface area contributed by atoms with Crippen molar-refractivity contribution in [2.75, 3.05) is 0 Å². The van der Waals surface area contributed by atoms with E-state index in [2.05, 4.69) is 33.8 Å². The Morgan fingerprint density at radius 2 is 1.89 bits per heavy atom. The van der Waals surface area contributed by atoms with Gasteiger partial charge in [0.15, 0.2) is 11.4 Å². The van der Waals surface area contributed by atoms with Crippen LogP contribution in [0.4, 0.5) is 0 Å². The Hall–Kier alpha value is -1.00. The van der Waals surface area contributed by atoms with Gasteiger partial charge in [-0.1, -0.05) is 39.3 Å². The molecule has 8 atom stereocenters. The molecule has 0 aromatic carbocycles. The summed E-state index contributed by atoms with van der Waals surface area (Å²) in [4.78, 5) is 26.2. The van der Waals surface area contributed by atoms with Crippen molar-refractivity contribution in [1.82, 2.24) is 0 Å². The van der Waals surface area contributed by atoms with Gasteiger partial charge in [-0.05, 0) is 50.4 Å². The molecule has 4 fully saturated rings. The molecule has 4 nitrogen and oxygen atoms in total. The molecule has 0 unspecified atom stereocenters. The molecule has 1 aliphatic heterocycles. The van der Waals surface area contributed by atoms with Crippen molar-refractivity contribution < 1.29 is 19.4 Å². The number of rotatable bonds is 1. The topological polar surface area (TPSA) is 66.9 Å². The minimum absolute atomic E-state index is 0.00939. The lowest BCUT2D eigenvalue weighted by atomic mass is 9.43. The maximum atomic E-state index is 13.7. The van der Waals surface area contributed by atoms with E-state index in [4.69, 9.17) is 4.74 Å². The number of allylic oxidation sites excluding steroid dienone is 1. The van der Waals surface area contributed by atoms with Crippen LogP contribution in [0.2, 0.25) is 0 Å². The van der Waals surface area contributed by atoms with Gasteiger partial charge < -0.3 is 9.84 Å². The molecule has 0 spiro atoms. The van der Waals surface area contributed by atoms with E-state index in [0.717, 1.165) is 25.7 Å². The van der Waals surface area contributed by atoms with E-state index in [9.17, 15) is 14.7 Å². The third-order valence-corrected chi connectivity index (χ3v) is 9.76. The summed E-state index contributed by atoms with van der Waals surface area (Å²) < 4.78 is 5.94. The van der Waals surface area contributed by atoms with Gasteiger partial charge in [0, 0.05) is 22.7 Å². The smallest absolute Gasteiger partial charge is 0.164 e. The number of epoxide rings is 1. The summed E-state index contributed by atoms with van der Waals surface area (Å²) in [6.45, 7) is 10.2. The summed E-state index contributed by atoms with van der Waals surface area (Å²) in [5, 5.41) is 10.6. The highest BCUT2D eigenvalue weighted by Gasteiger charge is 2.81. The number of hydrogen-bond acceptors (Lipinski definition) is 4. The fourth-order valence-electron chi connectivity index (χ4n) is 8.03. The second-order valence-corrected chi connectivity index (χ2v) is 10.9. The van der Waals surface area contributed by atoms with Crippen LogP contribution in [-0.4, -0.2) is 34.5 Å². The predicted molar refractivity (Wildman–Crippen MR) is 101 cm³/mol. The third-order valence-electron chi connectivity index (χ3n) is 9.76. The van der Waals surface area contributed by atoms with E-state index in [1.807, 2.05) is 0 Å². The first-order valence-corrected chi connectivity index (χ1v) is 10.6. The molecular formula is C23H32O4. The maximum absolute atomic E-state index is 13.7. The number of aliphatic hydroxyl groups is 1. The fourth-order valence-corrected chi connectivity index (χ4v) is 8.03. The highest BCUT2D eigenvalue weighted by atomic mass is 16.6. The standard InChI is InChI=1S/C23H32O4/c1-12(24)23-19(27-23)10-16-15-7-6-13-14(8-9-17(25)20(13,2)3)22(15,5)18(26)11-21(16,23)4/h6,14-17,19,25H,7-11H2,1-5H3/t14-,15-,16+,17-,19-,21+,22+,23-/m1/s1. The molecule has 1 heterocycles. The number of ketones is 2. The minimum Gasteiger partial charge on any atom is -0.392 e. The van der Waals surface area contributed by atoms with Crippen LogP contribution in [0, 0.1) is 34.0 Å². The van der Waals surface area contributed by atoms with E-state index in [-0.39, 0.29) is 46.1 Å². The van der Waals surface area contributed by atoms with Gasteiger partial charge >= 0.3 is 0 Å². The van der Waals surface area contributed by atoms with Crippen molar-refractivity contribution in [1.29, 1.82) is 0 Å². The number of carbonyl (C=O) groups is 2. The lowest BCUT2D eigenvalue weighted by molar-refractivity contribution is -0.163. The maximum Gasteiger partial charge on any atom is 0.164 e. The number of hydrogen-bond donors (Lipinski definition) is 1. The molecule has 5 aliphatic rings. The van der Waals surface area contributed by atoms with Crippen molar-refractivity contribution in [3.63, 3.8) is 0 Å². The zero-order valence-corrected chi connectivity index (χ0v) is 17.2. The van der Waals surface area contributed by atoms with Crippen LogP contribution in [0.5, 0.6) is 0 Å². The number of Topliss-reactive ketones (excluding diaryl/α,β-unsaturated/α-hetero) is 2. The number of ether oxygens (including phenoxy) is 1. The lowest BCUT2D eigenvalue weighted by Gasteiger charge is -2.60. The quantitative estimate of drug-likeness (QED) is 0.565. The molecule has 148 valence electrons. The SMILES string of the molecule is CC(=O)[C@@]12O[C@@H]1C[C@H]1[C@H]3CC=C4[C@@H](CC[C@@H](O)C4(C)C)[C@]3(C)C(=O)C[C@@]12C. The Labute approximate surface area is 161 Å². The summed E-state index contributed by atoms with van der Waals surface area (Å²) in [7, 11) is 0. The molecule has 3 saturated carbocycles. The summed E-state index contributed by atoms with van der Waals surface area (Å²) in [5.74, 6) is 1.26.